The van der Waals surface area contributed by atoms with Gasteiger partial charge in [0.05, 0.1) is 18.1 Å². The molecule has 210 valence electrons. The minimum atomic E-state index is -4.55. The lowest BCUT2D eigenvalue weighted by Crippen LogP contribution is -2.26. The summed E-state index contributed by atoms with van der Waals surface area (Å²) >= 11 is 0. The fourth-order valence-electron chi connectivity index (χ4n) is 6.06. The minimum Gasteiger partial charge on any atom is -0.473 e. The highest BCUT2D eigenvalue weighted by atomic mass is 19.4. The van der Waals surface area contributed by atoms with Gasteiger partial charge in [0.2, 0.25) is 5.88 Å². The molecule has 9 heteroatoms. The third-order valence-electron chi connectivity index (χ3n) is 7.83. The summed E-state index contributed by atoms with van der Waals surface area (Å²) in [5, 5.41) is 0. The molecular weight excluding hydrogens is 526 g/mol. The molecule has 0 saturated heterocycles. The number of aromatic nitrogens is 1. The van der Waals surface area contributed by atoms with Crippen molar-refractivity contribution in [3.05, 3.63) is 93.4 Å². The van der Waals surface area contributed by atoms with Gasteiger partial charge in [-0.3, -0.25) is 4.79 Å². The molecule has 3 aromatic rings. The maximum absolute atomic E-state index is 15.0. The average Bonchev–Trinajstić information content (AvgIpc) is 3.47. The van der Waals surface area contributed by atoms with Gasteiger partial charge in [0.1, 0.15) is 24.1 Å². The van der Waals surface area contributed by atoms with Crippen LogP contribution in [0.2, 0.25) is 0 Å². The largest absolute Gasteiger partial charge is 0.473 e. The first-order chi connectivity index (χ1) is 18.9. The van der Waals surface area contributed by atoms with E-state index in [9.17, 15) is 18.0 Å². The summed E-state index contributed by atoms with van der Waals surface area (Å²) in [6, 6.07) is 10.0. The number of esters is 1. The zero-order valence-corrected chi connectivity index (χ0v) is 22.3. The standard InChI is InChI=1S/C31H29F4NO4/c1-30(2,3)40-29(37)27-21-10-17-13-25(36-14-22(17)26(21)27)39-15-18-11-20-16(12-24(18)32)8-9-38-28(20)19-6-4-5-7-23(19)31(33,34)35/h4-7,11-14,21,26-28H,8-10,15H2,1-3H3. The molecule has 1 aromatic heterocycles. The number of rotatable bonds is 5. The van der Waals surface area contributed by atoms with E-state index in [-0.39, 0.29) is 48.1 Å². The van der Waals surface area contributed by atoms with E-state index in [4.69, 9.17) is 14.2 Å². The second-order valence-electron chi connectivity index (χ2n) is 11.7. The lowest BCUT2D eigenvalue weighted by atomic mass is 9.89. The second-order valence-corrected chi connectivity index (χ2v) is 11.7. The topological polar surface area (TPSA) is 57.7 Å². The summed E-state index contributed by atoms with van der Waals surface area (Å²) in [6.45, 7) is 5.59. The number of ether oxygens (including phenoxy) is 3. The highest BCUT2D eigenvalue weighted by molar-refractivity contribution is 5.80. The highest BCUT2D eigenvalue weighted by Gasteiger charge is 2.61. The van der Waals surface area contributed by atoms with Gasteiger partial charge >= 0.3 is 12.1 Å². The minimum absolute atomic E-state index is 0.00188. The Kier molecular flexibility index (Phi) is 6.40. The van der Waals surface area contributed by atoms with Crippen LogP contribution in [0.5, 0.6) is 5.88 Å². The van der Waals surface area contributed by atoms with E-state index >= 15 is 4.39 Å². The number of hydrogen-bond acceptors (Lipinski definition) is 5. The number of halogens is 4. The van der Waals surface area contributed by atoms with Crippen molar-refractivity contribution in [3.8, 4) is 5.88 Å². The summed E-state index contributed by atoms with van der Waals surface area (Å²) in [5.41, 5.74) is 2.06. The molecule has 0 spiro atoms. The number of carbonyl (C=O) groups excluding carboxylic acids is 1. The number of pyridine rings is 1. The van der Waals surface area contributed by atoms with Gasteiger partial charge in [0.25, 0.3) is 0 Å². The molecule has 2 aliphatic carbocycles. The summed E-state index contributed by atoms with van der Waals surface area (Å²) in [7, 11) is 0. The molecule has 0 amide bonds. The van der Waals surface area contributed by atoms with Crippen LogP contribution in [0.4, 0.5) is 17.6 Å². The smallest absolute Gasteiger partial charge is 0.416 e. The predicted molar refractivity (Wildman–Crippen MR) is 137 cm³/mol. The molecule has 4 unspecified atom stereocenters. The number of hydrogen-bond donors (Lipinski definition) is 0. The first-order valence-electron chi connectivity index (χ1n) is 13.3. The number of fused-ring (bicyclic) bond motifs is 4. The van der Waals surface area contributed by atoms with Crippen LogP contribution in [-0.4, -0.2) is 23.2 Å². The van der Waals surface area contributed by atoms with Gasteiger partial charge in [-0.15, -0.1) is 0 Å². The van der Waals surface area contributed by atoms with Crippen LogP contribution in [0.15, 0.2) is 48.7 Å². The Morgan fingerprint density at radius 3 is 2.58 bits per heavy atom. The fourth-order valence-corrected chi connectivity index (χ4v) is 6.06. The van der Waals surface area contributed by atoms with Crippen molar-refractivity contribution in [1.29, 1.82) is 0 Å². The third-order valence-corrected chi connectivity index (χ3v) is 7.83. The lowest BCUT2D eigenvalue weighted by molar-refractivity contribution is -0.157. The number of carbonyl (C=O) groups is 1. The maximum Gasteiger partial charge on any atom is 0.416 e. The normalized spacial score (nSPS) is 23.2. The Bertz CT molecular complexity index is 1480. The summed E-state index contributed by atoms with van der Waals surface area (Å²) < 4.78 is 73.3. The number of alkyl halides is 3. The van der Waals surface area contributed by atoms with Crippen molar-refractivity contribution in [1.82, 2.24) is 4.98 Å². The Balaban J connectivity index is 1.19. The molecule has 6 rings (SSSR count). The van der Waals surface area contributed by atoms with Crippen LogP contribution in [0, 0.1) is 17.7 Å². The molecule has 2 aromatic carbocycles. The zero-order valence-electron chi connectivity index (χ0n) is 22.3. The van der Waals surface area contributed by atoms with Gasteiger partial charge in [-0.05, 0) is 85.5 Å². The molecule has 40 heavy (non-hydrogen) atoms. The van der Waals surface area contributed by atoms with Crippen LogP contribution < -0.4 is 4.74 Å². The quantitative estimate of drug-likeness (QED) is 0.259. The Morgan fingerprint density at radius 1 is 1.05 bits per heavy atom. The van der Waals surface area contributed by atoms with Crippen molar-refractivity contribution in [3.63, 3.8) is 0 Å². The molecular formula is C31H29F4NO4. The first kappa shape index (κ1) is 26.7. The number of benzene rings is 2. The van der Waals surface area contributed by atoms with E-state index in [1.807, 2.05) is 26.8 Å². The Morgan fingerprint density at radius 2 is 1.82 bits per heavy atom. The van der Waals surface area contributed by atoms with Crippen LogP contribution in [0.25, 0.3) is 0 Å². The SMILES string of the molecule is CC(C)(C)OC(=O)C1C2Cc3cc(OCc4cc5c(cc4F)CCOC5c4ccccc4C(F)(F)F)ncc3C21. The zero-order chi connectivity index (χ0) is 28.4. The van der Waals surface area contributed by atoms with E-state index in [0.717, 1.165) is 17.2 Å². The van der Waals surface area contributed by atoms with Crippen LogP contribution in [-0.2, 0) is 39.9 Å². The van der Waals surface area contributed by atoms with Gasteiger partial charge in [0, 0.05) is 23.7 Å². The first-order valence-corrected chi connectivity index (χ1v) is 13.3. The molecule has 1 aliphatic heterocycles. The van der Waals surface area contributed by atoms with Crippen molar-refractivity contribution in [2.24, 2.45) is 11.8 Å². The van der Waals surface area contributed by atoms with Crippen molar-refractivity contribution >= 4 is 5.97 Å². The average molecular weight is 556 g/mol. The Hall–Kier alpha value is -3.46. The van der Waals surface area contributed by atoms with E-state index in [0.29, 0.717) is 29.8 Å². The molecule has 5 nitrogen and oxygen atoms in total. The third kappa shape index (κ3) is 4.96. The van der Waals surface area contributed by atoms with Crippen molar-refractivity contribution < 1.29 is 36.6 Å². The Labute approximate surface area is 229 Å². The molecule has 1 saturated carbocycles. The summed E-state index contributed by atoms with van der Waals surface area (Å²) in [6.07, 6.45) is -2.69. The molecule has 1 fully saturated rings. The lowest BCUT2D eigenvalue weighted by Gasteiger charge is -2.29. The van der Waals surface area contributed by atoms with Gasteiger partial charge < -0.3 is 14.2 Å². The van der Waals surface area contributed by atoms with Crippen LogP contribution in [0.1, 0.15) is 71.7 Å². The van der Waals surface area contributed by atoms with Crippen LogP contribution in [0.3, 0.4) is 0 Å². The maximum atomic E-state index is 15.0. The second kappa shape index (κ2) is 9.58. The van der Waals surface area contributed by atoms with E-state index in [2.05, 4.69) is 4.98 Å². The molecule has 2 heterocycles. The fraction of sp³-hybridized carbons (Fsp3) is 0.419. The summed E-state index contributed by atoms with van der Waals surface area (Å²) in [4.78, 5) is 16.9. The van der Waals surface area contributed by atoms with Crippen LogP contribution >= 0.6 is 0 Å². The van der Waals surface area contributed by atoms with Gasteiger partial charge in [-0.1, -0.05) is 18.2 Å². The monoisotopic (exact) mass is 555 g/mol. The molecule has 4 atom stereocenters. The molecule has 0 N–H and O–H groups in total. The molecule has 0 bridgehead atoms. The summed E-state index contributed by atoms with van der Waals surface area (Å²) in [5.74, 6) is -0.219. The predicted octanol–water partition coefficient (Wildman–Crippen LogP) is 6.71. The van der Waals surface area contributed by atoms with Crippen molar-refractivity contribution in [2.75, 3.05) is 6.61 Å². The van der Waals surface area contributed by atoms with Gasteiger partial charge in [-0.25, -0.2) is 9.37 Å². The number of nitrogens with zero attached hydrogens (tertiary/aromatic N) is 1. The van der Waals surface area contributed by atoms with Crippen molar-refractivity contribution in [2.45, 2.75) is 64.0 Å². The molecule has 3 aliphatic rings. The highest BCUT2D eigenvalue weighted by Crippen LogP contribution is 2.62. The van der Waals surface area contributed by atoms with E-state index < -0.39 is 29.3 Å². The van der Waals surface area contributed by atoms with E-state index in [1.165, 1.54) is 30.3 Å². The molecule has 0 radical (unpaired) electrons. The van der Waals surface area contributed by atoms with Gasteiger partial charge in [-0.2, -0.15) is 13.2 Å². The van der Waals surface area contributed by atoms with Gasteiger partial charge in [0.15, 0.2) is 0 Å². The van der Waals surface area contributed by atoms with E-state index in [1.54, 1.807) is 6.20 Å².